The lowest BCUT2D eigenvalue weighted by Gasteiger charge is -2.28. The van der Waals surface area contributed by atoms with Gasteiger partial charge >= 0.3 is 5.97 Å². The molecule has 0 radical (unpaired) electrons. The molecule has 0 aliphatic rings. The van der Waals surface area contributed by atoms with Gasteiger partial charge in [0.25, 0.3) is 0 Å². The van der Waals surface area contributed by atoms with Crippen molar-refractivity contribution in [3.63, 3.8) is 0 Å². The van der Waals surface area contributed by atoms with Gasteiger partial charge in [0.15, 0.2) is 0 Å². The molecule has 1 aromatic carbocycles. The minimum Gasteiger partial charge on any atom is -0.481 e. The van der Waals surface area contributed by atoms with E-state index in [2.05, 4.69) is 4.98 Å². The van der Waals surface area contributed by atoms with E-state index >= 15 is 0 Å². The Morgan fingerprint density at radius 2 is 1.81 bits per heavy atom. The Morgan fingerprint density at radius 1 is 1.12 bits per heavy atom. The van der Waals surface area contributed by atoms with Gasteiger partial charge in [-0.2, -0.15) is 0 Å². The summed E-state index contributed by atoms with van der Waals surface area (Å²) < 4.78 is 13.3. The van der Waals surface area contributed by atoms with E-state index in [0.717, 1.165) is 24.8 Å². The molecule has 3 atom stereocenters. The fourth-order valence-electron chi connectivity index (χ4n) is 3.22. The third kappa shape index (κ3) is 5.52. The number of pyridine rings is 1. The number of carboxylic acids is 1. The smallest absolute Gasteiger partial charge is 0.313 e. The molecular formula is C20H26NO4P. The fraction of sp³-hybridized carbons (Fsp3) is 0.400. The van der Waals surface area contributed by atoms with Crippen LogP contribution in [-0.4, -0.2) is 26.6 Å². The molecule has 1 heterocycles. The Morgan fingerprint density at radius 3 is 2.38 bits per heavy atom. The zero-order valence-corrected chi connectivity index (χ0v) is 15.9. The maximum atomic E-state index is 13.3. The molecule has 0 aliphatic carbocycles. The molecule has 2 rings (SSSR count). The molecule has 0 aliphatic heterocycles. The number of benzene rings is 1. The number of unbranched alkanes of at least 4 members (excludes halogenated alkanes) is 2. The Bertz CT molecular complexity index is 736. The predicted octanol–water partition coefficient (Wildman–Crippen LogP) is 4.67. The van der Waals surface area contributed by atoms with Crippen LogP contribution in [0.25, 0.3) is 0 Å². The number of carboxylic acid groups (broad SMARTS) is 1. The van der Waals surface area contributed by atoms with E-state index in [1.165, 1.54) is 6.20 Å². The van der Waals surface area contributed by atoms with Gasteiger partial charge in [-0.05, 0) is 24.1 Å². The first-order valence-corrected chi connectivity index (χ1v) is 10.9. The van der Waals surface area contributed by atoms with Gasteiger partial charge < -0.3 is 10.00 Å². The summed E-state index contributed by atoms with van der Waals surface area (Å²) in [6.45, 7) is 2.05. The lowest BCUT2D eigenvalue weighted by atomic mass is 9.96. The summed E-state index contributed by atoms with van der Waals surface area (Å²) in [5, 5.41) is 9.81. The van der Waals surface area contributed by atoms with Crippen molar-refractivity contribution in [1.29, 1.82) is 0 Å². The summed E-state index contributed by atoms with van der Waals surface area (Å²) in [7, 11) is -3.76. The molecule has 1 aromatic heterocycles. The summed E-state index contributed by atoms with van der Waals surface area (Å²) in [5.41, 5.74) is 0.217. The first-order chi connectivity index (χ1) is 12.5. The van der Waals surface area contributed by atoms with Crippen molar-refractivity contribution in [2.75, 3.05) is 0 Å². The highest BCUT2D eigenvalue weighted by molar-refractivity contribution is 7.58. The molecule has 0 amide bonds. The number of hydrogen-bond donors (Lipinski definition) is 2. The number of carbonyl (C=O) groups is 1. The van der Waals surface area contributed by atoms with Crippen molar-refractivity contribution < 1.29 is 19.4 Å². The predicted molar refractivity (Wildman–Crippen MR) is 103 cm³/mol. The number of nitrogens with zero attached hydrogens (tertiary/aromatic N) is 1. The van der Waals surface area contributed by atoms with Crippen LogP contribution in [-0.2, 0) is 15.5 Å². The summed E-state index contributed by atoms with van der Waals surface area (Å²) in [6.07, 6.45) is 4.47. The Kier molecular flexibility index (Phi) is 7.55. The van der Waals surface area contributed by atoms with Crippen LogP contribution in [0, 0.1) is 0 Å². The van der Waals surface area contributed by atoms with Gasteiger partial charge in [0.05, 0.1) is 11.4 Å². The molecule has 2 aromatic rings. The van der Waals surface area contributed by atoms with Crippen molar-refractivity contribution in [2.24, 2.45) is 0 Å². The zero-order chi connectivity index (χ0) is 19.0. The quantitative estimate of drug-likeness (QED) is 0.465. The van der Waals surface area contributed by atoms with Crippen molar-refractivity contribution in [3.8, 4) is 0 Å². The van der Waals surface area contributed by atoms with Crippen LogP contribution in [0.2, 0.25) is 0 Å². The summed E-state index contributed by atoms with van der Waals surface area (Å²) >= 11 is 0. The Hall–Kier alpha value is -1.97. The number of rotatable bonds is 10. The first-order valence-electron chi connectivity index (χ1n) is 8.95. The maximum absolute atomic E-state index is 13.3. The summed E-state index contributed by atoms with van der Waals surface area (Å²) in [6, 6.07) is 14.1. The SMILES string of the molecule is CCCCCC(C(C(=O)O)c1ccccn1)P(=O)(O)Cc1ccccc1. The third-order valence-electron chi connectivity index (χ3n) is 4.53. The zero-order valence-electron chi connectivity index (χ0n) is 15.0. The standard InChI is InChI=1S/C20H26NO4P/c1-2-3-5-13-18(19(20(22)23)17-12-8-9-14-21-17)26(24,25)15-16-10-6-4-7-11-16/h4,6-12,14,18-19H,2-3,5,13,15H2,1H3,(H,22,23)(H,24,25). The highest BCUT2D eigenvalue weighted by Gasteiger charge is 2.42. The second-order valence-electron chi connectivity index (χ2n) is 6.53. The lowest BCUT2D eigenvalue weighted by molar-refractivity contribution is -0.139. The normalized spacial score (nSPS) is 15.8. The molecule has 0 saturated heterocycles. The first kappa shape index (κ1) is 20.3. The van der Waals surface area contributed by atoms with E-state index in [-0.39, 0.29) is 6.16 Å². The van der Waals surface area contributed by atoms with Crippen LogP contribution < -0.4 is 0 Å². The van der Waals surface area contributed by atoms with Crippen molar-refractivity contribution in [2.45, 2.75) is 50.3 Å². The lowest BCUT2D eigenvalue weighted by Crippen LogP contribution is -2.28. The van der Waals surface area contributed by atoms with Crippen LogP contribution in [0.4, 0.5) is 0 Å². The van der Waals surface area contributed by atoms with Crippen LogP contribution in [0.3, 0.4) is 0 Å². The second kappa shape index (κ2) is 9.65. The van der Waals surface area contributed by atoms with Gasteiger partial charge in [-0.25, -0.2) is 0 Å². The topological polar surface area (TPSA) is 87.5 Å². The van der Waals surface area contributed by atoms with Gasteiger partial charge in [-0.3, -0.25) is 14.3 Å². The fourth-order valence-corrected chi connectivity index (χ4v) is 5.52. The van der Waals surface area contributed by atoms with E-state index in [9.17, 15) is 19.4 Å². The molecule has 5 nitrogen and oxygen atoms in total. The van der Waals surface area contributed by atoms with Gasteiger partial charge in [-0.1, -0.05) is 62.6 Å². The molecule has 2 N–H and O–H groups in total. The highest BCUT2D eigenvalue weighted by Crippen LogP contribution is 2.56. The largest absolute Gasteiger partial charge is 0.481 e. The molecule has 0 saturated carbocycles. The number of aromatic nitrogens is 1. The van der Waals surface area contributed by atoms with Gasteiger partial charge in [0.1, 0.15) is 5.92 Å². The molecule has 0 fully saturated rings. The van der Waals surface area contributed by atoms with Crippen LogP contribution >= 0.6 is 7.37 Å². The van der Waals surface area contributed by atoms with E-state index in [1.807, 2.05) is 25.1 Å². The Labute approximate surface area is 154 Å². The monoisotopic (exact) mass is 375 g/mol. The highest BCUT2D eigenvalue weighted by atomic mass is 31.2. The average molecular weight is 375 g/mol. The van der Waals surface area contributed by atoms with Crippen LogP contribution in [0.5, 0.6) is 0 Å². The average Bonchev–Trinajstić information content (AvgIpc) is 2.62. The maximum Gasteiger partial charge on any atom is 0.313 e. The third-order valence-corrected chi connectivity index (χ3v) is 6.94. The van der Waals surface area contributed by atoms with Crippen LogP contribution in [0.1, 0.15) is 49.8 Å². The van der Waals surface area contributed by atoms with Gasteiger partial charge in [-0.15, -0.1) is 0 Å². The van der Waals surface area contributed by atoms with E-state index in [0.29, 0.717) is 12.1 Å². The van der Waals surface area contributed by atoms with Gasteiger partial charge in [0.2, 0.25) is 7.37 Å². The summed E-state index contributed by atoms with van der Waals surface area (Å²) in [4.78, 5) is 27.0. The van der Waals surface area contributed by atoms with Crippen molar-refractivity contribution in [3.05, 3.63) is 66.0 Å². The molecule has 26 heavy (non-hydrogen) atoms. The van der Waals surface area contributed by atoms with Crippen LogP contribution in [0.15, 0.2) is 54.7 Å². The second-order valence-corrected chi connectivity index (χ2v) is 9.02. The van der Waals surface area contributed by atoms with E-state index in [1.54, 1.807) is 30.3 Å². The molecule has 6 heteroatoms. The molecular weight excluding hydrogens is 349 g/mol. The number of hydrogen-bond acceptors (Lipinski definition) is 3. The minimum atomic E-state index is -3.76. The molecule has 0 spiro atoms. The minimum absolute atomic E-state index is 0.0265. The van der Waals surface area contributed by atoms with E-state index < -0.39 is 24.9 Å². The van der Waals surface area contributed by atoms with Gasteiger partial charge in [0, 0.05) is 12.4 Å². The molecule has 0 bridgehead atoms. The number of aliphatic carboxylic acids is 1. The van der Waals surface area contributed by atoms with Crippen molar-refractivity contribution in [1.82, 2.24) is 4.98 Å². The van der Waals surface area contributed by atoms with E-state index in [4.69, 9.17) is 0 Å². The Balaban J connectivity index is 2.36. The molecule has 140 valence electrons. The van der Waals surface area contributed by atoms with Crippen molar-refractivity contribution >= 4 is 13.3 Å². The summed E-state index contributed by atoms with van der Waals surface area (Å²) in [5.74, 6) is -2.19. The molecule has 3 unspecified atom stereocenters.